The summed E-state index contributed by atoms with van der Waals surface area (Å²) in [6.45, 7) is 4.16. The van der Waals surface area contributed by atoms with Gasteiger partial charge in [0.05, 0.1) is 6.10 Å². The van der Waals surface area contributed by atoms with Gasteiger partial charge in [-0.15, -0.1) is 0 Å². The van der Waals surface area contributed by atoms with Crippen molar-refractivity contribution in [3.8, 4) is 0 Å². The lowest BCUT2D eigenvalue weighted by molar-refractivity contribution is 0.0728. The lowest BCUT2D eigenvalue weighted by atomic mass is 9.94. The van der Waals surface area contributed by atoms with Crippen molar-refractivity contribution in [1.82, 2.24) is 4.90 Å². The van der Waals surface area contributed by atoms with Gasteiger partial charge in [0.2, 0.25) is 0 Å². The van der Waals surface area contributed by atoms with Crippen LogP contribution < -0.4 is 0 Å². The molecule has 1 aliphatic rings. The smallest absolute Gasteiger partial charge is 0.0552 e. The van der Waals surface area contributed by atoms with Crippen LogP contribution in [0.4, 0.5) is 0 Å². The fraction of sp³-hybridized carbons (Fsp3) is 1.00. The van der Waals surface area contributed by atoms with Crippen LogP contribution in [0.25, 0.3) is 0 Å². The van der Waals surface area contributed by atoms with E-state index in [1.54, 1.807) is 0 Å². The quantitative estimate of drug-likeness (QED) is 0.584. The summed E-state index contributed by atoms with van der Waals surface area (Å²) in [7, 11) is 2.12. The van der Waals surface area contributed by atoms with Crippen LogP contribution in [0, 0.1) is 5.92 Å². The molecule has 1 heterocycles. The maximum atomic E-state index is 9.27. The third-order valence-corrected chi connectivity index (χ3v) is 2.34. The third-order valence-electron chi connectivity index (χ3n) is 2.34. The molecular formula is C8H17NO. The highest BCUT2D eigenvalue weighted by molar-refractivity contribution is 4.73. The number of hydrogen-bond donors (Lipinski definition) is 1. The highest BCUT2D eigenvalue weighted by atomic mass is 16.3. The summed E-state index contributed by atoms with van der Waals surface area (Å²) >= 11 is 0. The lowest BCUT2D eigenvalue weighted by Gasteiger charge is -2.31. The number of likely N-dealkylation sites (tertiary alicyclic amines) is 1. The summed E-state index contributed by atoms with van der Waals surface area (Å²) in [4.78, 5) is 2.29. The van der Waals surface area contributed by atoms with Gasteiger partial charge in [-0.25, -0.2) is 0 Å². The van der Waals surface area contributed by atoms with Gasteiger partial charge in [0.15, 0.2) is 0 Å². The molecule has 1 N–H and O–H groups in total. The Morgan fingerprint density at radius 1 is 1.60 bits per heavy atom. The molecule has 0 bridgehead atoms. The molecular weight excluding hydrogens is 126 g/mol. The molecule has 0 unspecified atom stereocenters. The summed E-state index contributed by atoms with van der Waals surface area (Å²) in [5, 5.41) is 9.27. The summed E-state index contributed by atoms with van der Waals surface area (Å²) in [6.07, 6.45) is 2.32. The largest absolute Gasteiger partial charge is 0.393 e. The monoisotopic (exact) mass is 143 g/mol. The predicted molar refractivity (Wildman–Crippen MR) is 41.9 cm³/mol. The molecule has 1 rings (SSSR count). The SMILES string of the molecule is C[C@@H](O)[C@@H]1CCCN(C)C1. The molecule has 0 aliphatic carbocycles. The van der Waals surface area contributed by atoms with E-state index in [9.17, 15) is 5.11 Å². The molecule has 0 aromatic carbocycles. The molecule has 2 atom stereocenters. The Bertz CT molecular complexity index is 103. The first-order valence-electron chi connectivity index (χ1n) is 4.07. The van der Waals surface area contributed by atoms with Gasteiger partial charge in [0.25, 0.3) is 0 Å². The van der Waals surface area contributed by atoms with Crippen molar-refractivity contribution in [2.24, 2.45) is 5.92 Å². The number of aliphatic hydroxyl groups excluding tert-OH is 1. The van der Waals surface area contributed by atoms with Crippen molar-refractivity contribution >= 4 is 0 Å². The summed E-state index contributed by atoms with van der Waals surface area (Å²) in [5.41, 5.74) is 0. The second-order valence-electron chi connectivity index (χ2n) is 3.41. The average molecular weight is 143 g/mol. The number of aliphatic hydroxyl groups is 1. The highest BCUT2D eigenvalue weighted by Crippen LogP contribution is 2.17. The van der Waals surface area contributed by atoms with E-state index in [4.69, 9.17) is 0 Å². The highest BCUT2D eigenvalue weighted by Gasteiger charge is 2.20. The second kappa shape index (κ2) is 3.35. The molecule has 1 aliphatic heterocycles. The molecule has 0 aromatic heterocycles. The topological polar surface area (TPSA) is 23.5 Å². The van der Waals surface area contributed by atoms with E-state index < -0.39 is 0 Å². The molecule has 0 radical (unpaired) electrons. The predicted octanol–water partition coefficient (Wildman–Crippen LogP) is 0.709. The van der Waals surface area contributed by atoms with Crippen molar-refractivity contribution < 1.29 is 5.11 Å². The van der Waals surface area contributed by atoms with E-state index in [1.807, 2.05) is 6.92 Å². The molecule has 60 valence electrons. The van der Waals surface area contributed by atoms with E-state index in [0.717, 1.165) is 6.54 Å². The summed E-state index contributed by atoms with van der Waals surface area (Å²) in [5.74, 6) is 0.513. The Balaban J connectivity index is 2.32. The first-order valence-corrected chi connectivity index (χ1v) is 4.07. The van der Waals surface area contributed by atoms with Gasteiger partial charge in [-0.1, -0.05) is 0 Å². The Morgan fingerprint density at radius 2 is 2.30 bits per heavy atom. The molecule has 1 saturated heterocycles. The van der Waals surface area contributed by atoms with E-state index in [0.29, 0.717) is 5.92 Å². The Labute approximate surface area is 62.8 Å². The van der Waals surface area contributed by atoms with Gasteiger partial charge < -0.3 is 10.0 Å². The first kappa shape index (κ1) is 8.02. The molecule has 0 spiro atoms. The van der Waals surface area contributed by atoms with Gasteiger partial charge in [-0.3, -0.25) is 0 Å². The van der Waals surface area contributed by atoms with Crippen molar-refractivity contribution in [2.45, 2.75) is 25.9 Å². The van der Waals surface area contributed by atoms with Crippen molar-refractivity contribution in [3.05, 3.63) is 0 Å². The summed E-state index contributed by atoms with van der Waals surface area (Å²) in [6, 6.07) is 0. The average Bonchev–Trinajstić information content (AvgIpc) is 1.88. The Hall–Kier alpha value is -0.0800. The number of piperidine rings is 1. The first-order chi connectivity index (χ1) is 4.70. The maximum Gasteiger partial charge on any atom is 0.0552 e. The van der Waals surface area contributed by atoms with Crippen LogP contribution in [0.1, 0.15) is 19.8 Å². The molecule has 2 nitrogen and oxygen atoms in total. The number of hydrogen-bond acceptors (Lipinski definition) is 2. The fourth-order valence-electron chi connectivity index (χ4n) is 1.60. The zero-order valence-corrected chi connectivity index (χ0v) is 6.88. The standard InChI is InChI=1S/C8H17NO/c1-7(10)8-4-3-5-9(2)6-8/h7-8,10H,3-6H2,1-2H3/t7-,8-/m1/s1. The van der Waals surface area contributed by atoms with Crippen LogP contribution in [0.5, 0.6) is 0 Å². The minimum absolute atomic E-state index is 0.122. The Morgan fingerprint density at radius 3 is 2.70 bits per heavy atom. The molecule has 2 heteroatoms. The molecule has 0 aromatic rings. The molecule has 1 fully saturated rings. The lowest BCUT2D eigenvalue weighted by Crippen LogP contribution is -2.36. The van der Waals surface area contributed by atoms with Crippen molar-refractivity contribution in [3.63, 3.8) is 0 Å². The molecule has 0 amide bonds. The van der Waals surface area contributed by atoms with Crippen molar-refractivity contribution in [1.29, 1.82) is 0 Å². The van der Waals surface area contributed by atoms with Crippen LogP contribution in [-0.4, -0.2) is 36.2 Å². The normalized spacial score (nSPS) is 32.1. The van der Waals surface area contributed by atoms with E-state index in [2.05, 4.69) is 11.9 Å². The zero-order chi connectivity index (χ0) is 7.56. The van der Waals surface area contributed by atoms with Crippen LogP contribution in [0.3, 0.4) is 0 Å². The number of nitrogens with zero attached hydrogens (tertiary/aromatic N) is 1. The van der Waals surface area contributed by atoms with Gasteiger partial charge >= 0.3 is 0 Å². The van der Waals surface area contributed by atoms with E-state index in [-0.39, 0.29) is 6.10 Å². The minimum atomic E-state index is -0.122. The minimum Gasteiger partial charge on any atom is -0.393 e. The fourth-order valence-corrected chi connectivity index (χ4v) is 1.60. The third kappa shape index (κ3) is 1.96. The van der Waals surface area contributed by atoms with Crippen LogP contribution >= 0.6 is 0 Å². The molecule has 10 heavy (non-hydrogen) atoms. The maximum absolute atomic E-state index is 9.27. The van der Waals surface area contributed by atoms with Gasteiger partial charge in [0.1, 0.15) is 0 Å². The Kier molecular flexibility index (Phi) is 2.69. The number of rotatable bonds is 1. The van der Waals surface area contributed by atoms with Crippen LogP contribution in [0.2, 0.25) is 0 Å². The van der Waals surface area contributed by atoms with Crippen LogP contribution in [-0.2, 0) is 0 Å². The second-order valence-corrected chi connectivity index (χ2v) is 3.41. The summed E-state index contributed by atoms with van der Waals surface area (Å²) < 4.78 is 0. The van der Waals surface area contributed by atoms with Crippen molar-refractivity contribution in [2.75, 3.05) is 20.1 Å². The van der Waals surface area contributed by atoms with Gasteiger partial charge in [-0.05, 0) is 39.3 Å². The van der Waals surface area contributed by atoms with Gasteiger partial charge in [-0.2, -0.15) is 0 Å². The van der Waals surface area contributed by atoms with Gasteiger partial charge in [0, 0.05) is 6.54 Å². The zero-order valence-electron chi connectivity index (χ0n) is 6.88. The van der Waals surface area contributed by atoms with E-state index >= 15 is 0 Å². The molecule has 0 saturated carbocycles. The van der Waals surface area contributed by atoms with E-state index in [1.165, 1.54) is 19.4 Å². The van der Waals surface area contributed by atoms with Crippen LogP contribution in [0.15, 0.2) is 0 Å².